The van der Waals surface area contributed by atoms with Gasteiger partial charge in [-0.2, -0.15) is 4.31 Å². The fourth-order valence-electron chi connectivity index (χ4n) is 3.91. The second-order valence-electron chi connectivity index (χ2n) is 7.39. The Morgan fingerprint density at radius 1 is 1.14 bits per heavy atom. The number of fused-ring (bicyclic) bond motifs is 1. The molecule has 2 aliphatic rings. The monoisotopic (exact) mass is 435 g/mol. The highest BCUT2D eigenvalue weighted by Gasteiger charge is 2.31. The summed E-state index contributed by atoms with van der Waals surface area (Å²) in [6.45, 7) is 1.69. The number of carbonyl (C=O) groups excluding carboxylic acids is 1. The molecule has 4 rings (SSSR count). The number of aryl methyl sites for hydroxylation is 2. The molecule has 1 aliphatic carbocycles. The lowest BCUT2D eigenvalue weighted by atomic mass is 9.92. The summed E-state index contributed by atoms with van der Waals surface area (Å²) in [5.41, 5.74) is 2.82. The van der Waals surface area contributed by atoms with Gasteiger partial charge in [-0.15, -0.1) is 11.3 Å². The third-order valence-corrected chi connectivity index (χ3v) is 8.24. The van der Waals surface area contributed by atoms with Crippen LogP contribution in [0.4, 0.5) is 0 Å². The van der Waals surface area contributed by atoms with Crippen molar-refractivity contribution in [1.29, 1.82) is 0 Å². The number of carbonyl (C=O) groups is 1. The van der Waals surface area contributed by atoms with Crippen LogP contribution in [0.1, 0.15) is 39.5 Å². The quantitative estimate of drug-likeness (QED) is 0.720. The second-order valence-corrected chi connectivity index (χ2v) is 10.3. The van der Waals surface area contributed by atoms with E-state index in [1.165, 1.54) is 27.6 Å². The summed E-state index contributed by atoms with van der Waals surface area (Å²) < 4.78 is 32.7. The molecule has 1 amide bonds. The van der Waals surface area contributed by atoms with E-state index >= 15 is 0 Å². The molecule has 0 saturated carbocycles. The summed E-state index contributed by atoms with van der Waals surface area (Å²) in [4.78, 5) is 19.0. The summed E-state index contributed by atoms with van der Waals surface area (Å²) >= 11 is 1.39. The Bertz CT molecular complexity index is 995. The minimum atomic E-state index is -3.55. The van der Waals surface area contributed by atoms with Crippen molar-refractivity contribution in [2.45, 2.75) is 37.2 Å². The summed E-state index contributed by atoms with van der Waals surface area (Å²) in [7, 11) is -1.96. The average Bonchev–Trinajstić information content (AvgIpc) is 3.22. The van der Waals surface area contributed by atoms with Gasteiger partial charge in [0.15, 0.2) is 0 Å². The summed E-state index contributed by atoms with van der Waals surface area (Å²) in [5.74, 6) is -0.158. The first kappa shape index (κ1) is 20.5. The number of benzene rings is 1. The number of hydrogen-bond donors (Lipinski definition) is 0. The first-order valence-corrected chi connectivity index (χ1v) is 12.2. The lowest BCUT2D eigenvalue weighted by molar-refractivity contribution is 0.0692. The van der Waals surface area contributed by atoms with E-state index in [2.05, 4.69) is 4.98 Å². The predicted molar refractivity (Wildman–Crippen MR) is 111 cm³/mol. The number of thiazole rings is 1. The highest BCUT2D eigenvalue weighted by atomic mass is 32.2. The molecule has 1 saturated heterocycles. The fraction of sp³-hybridized carbons (Fsp3) is 0.500. The van der Waals surface area contributed by atoms with Gasteiger partial charge < -0.3 is 9.64 Å². The van der Waals surface area contributed by atoms with Gasteiger partial charge in [-0.1, -0.05) is 6.07 Å². The molecule has 29 heavy (non-hydrogen) atoms. The van der Waals surface area contributed by atoms with Crippen LogP contribution in [0.5, 0.6) is 0 Å². The molecule has 9 heteroatoms. The van der Waals surface area contributed by atoms with Gasteiger partial charge >= 0.3 is 0 Å². The molecule has 2 heterocycles. The van der Waals surface area contributed by atoms with Gasteiger partial charge in [0.05, 0.1) is 11.5 Å². The maximum absolute atomic E-state index is 13.1. The molecule has 0 bridgehead atoms. The fourth-order valence-corrected chi connectivity index (χ4v) is 6.12. The number of nitrogens with zero attached hydrogens (tertiary/aromatic N) is 3. The molecule has 1 fully saturated rings. The van der Waals surface area contributed by atoms with Crippen molar-refractivity contribution in [3.05, 3.63) is 45.4 Å². The Kier molecular flexibility index (Phi) is 6.00. The van der Waals surface area contributed by atoms with Gasteiger partial charge in [0, 0.05) is 38.7 Å². The number of sulfonamides is 1. The minimum Gasteiger partial charge on any atom is -0.378 e. The standard InChI is InChI=1S/C20H25N3O4S2/c1-27-13-19-21-18(14-28-19)20(24)22-8-10-23(11-9-22)29(25,26)17-7-6-15-4-2-3-5-16(15)12-17/h6-7,12,14H,2-5,8-11,13H2,1H3. The van der Waals surface area contributed by atoms with E-state index in [0.29, 0.717) is 43.4 Å². The molecular formula is C20H25N3O4S2. The van der Waals surface area contributed by atoms with E-state index in [4.69, 9.17) is 4.74 Å². The number of amides is 1. The molecule has 0 unspecified atom stereocenters. The average molecular weight is 436 g/mol. The van der Waals surface area contributed by atoms with Crippen LogP contribution < -0.4 is 0 Å². The van der Waals surface area contributed by atoms with Crippen molar-refractivity contribution < 1.29 is 17.9 Å². The van der Waals surface area contributed by atoms with Crippen LogP contribution in [0.25, 0.3) is 0 Å². The number of hydrogen-bond acceptors (Lipinski definition) is 6. The van der Waals surface area contributed by atoms with Crippen molar-refractivity contribution in [2.75, 3.05) is 33.3 Å². The largest absolute Gasteiger partial charge is 0.378 e. The molecule has 2 aromatic rings. The Hall–Kier alpha value is -1.81. The van der Waals surface area contributed by atoms with Gasteiger partial charge in [0.25, 0.3) is 5.91 Å². The van der Waals surface area contributed by atoms with Gasteiger partial charge in [0.1, 0.15) is 10.7 Å². The van der Waals surface area contributed by atoms with Crippen LogP contribution in [-0.2, 0) is 34.2 Å². The smallest absolute Gasteiger partial charge is 0.273 e. The molecule has 156 valence electrons. The van der Waals surface area contributed by atoms with Crippen LogP contribution in [0.3, 0.4) is 0 Å². The zero-order chi connectivity index (χ0) is 20.4. The van der Waals surface area contributed by atoms with Crippen molar-refractivity contribution in [2.24, 2.45) is 0 Å². The minimum absolute atomic E-state index is 0.158. The van der Waals surface area contributed by atoms with E-state index in [1.54, 1.807) is 23.5 Å². The Balaban J connectivity index is 1.42. The van der Waals surface area contributed by atoms with Gasteiger partial charge in [-0.05, 0) is 48.9 Å². The summed E-state index contributed by atoms with van der Waals surface area (Å²) in [6, 6.07) is 5.53. The summed E-state index contributed by atoms with van der Waals surface area (Å²) in [5, 5.41) is 2.48. The Morgan fingerprint density at radius 3 is 2.59 bits per heavy atom. The Morgan fingerprint density at radius 2 is 1.86 bits per heavy atom. The summed E-state index contributed by atoms with van der Waals surface area (Å²) in [6.07, 6.45) is 4.25. The zero-order valence-electron chi connectivity index (χ0n) is 16.5. The first-order chi connectivity index (χ1) is 14.0. The van der Waals surface area contributed by atoms with E-state index in [9.17, 15) is 13.2 Å². The molecular weight excluding hydrogens is 410 g/mol. The molecule has 0 radical (unpaired) electrons. The van der Waals surface area contributed by atoms with E-state index in [1.807, 2.05) is 12.1 Å². The number of aromatic nitrogens is 1. The van der Waals surface area contributed by atoms with Crippen molar-refractivity contribution >= 4 is 27.3 Å². The molecule has 7 nitrogen and oxygen atoms in total. The highest BCUT2D eigenvalue weighted by molar-refractivity contribution is 7.89. The number of piperazine rings is 1. The predicted octanol–water partition coefficient (Wildman–Crippen LogP) is 2.31. The van der Waals surface area contributed by atoms with Gasteiger partial charge in [-0.3, -0.25) is 4.79 Å². The van der Waals surface area contributed by atoms with Crippen LogP contribution >= 0.6 is 11.3 Å². The number of rotatable bonds is 5. The highest BCUT2D eigenvalue weighted by Crippen LogP contribution is 2.26. The Labute approximate surface area is 175 Å². The molecule has 1 aromatic carbocycles. The SMILES string of the molecule is COCc1nc(C(=O)N2CCN(S(=O)(=O)c3ccc4c(c3)CCCC4)CC2)cs1. The van der Waals surface area contributed by atoms with Gasteiger partial charge in [-0.25, -0.2) is 13.4 Å². The topological polar surface area (TPSA) is 79.8 Å². The van der Waals surface area contributed by atoms with E-state index in [0.717, 1.165) is 29.8 Å². The zero-order valence-corrected chi connectivity index (χ0v) is 18.1. The third kappa shape index (κ3) is 4.23. The van der Waals surface area contributed by atoms with Crippen LogP contribution in [-0.4, -0.2) is 61.8 Å². The third-order valence-electron chi connectivity index (χ3n) is 5.52. The van der Waals surface area contributed by atoms with Crippen LogP contribution in [0.2, 0.25) is 0 Å². The maximum Gasteiger partial charge on any atom is 0.273 e. The lowest BCUT2D eigenvalue weighted by Gasteiger charge is -2.33. The van der Waals surface area contributed by atoms with Crippen molar-refractivity contribution in [3.8, 4) is 0 Å². The first-order valence-electron chi connectivity index (χ1n) is 9.83. The molecule has 0 atom stereocenters. The van der Waals surface area contributed by atoms with Crippen molar-refractivity contribution in [3.63, 3.8) is 0 Å². The molecule has 0 spiro atoms. The molecule has 1 aliphatic heterocycles. The number of methoxy groups -OCH3 is 1. The normalized spacial score (nSPS) is 17.9. The molecule has 1 aromatic heterocycles. The maximum atomic E-state index is 13.1. The van der Waals surface area contributed by atoms with E-state index < -0.39 is 10.0 Å². The number of ether oxygens (including phenoxy) is 1. The van der Waals surface area contributed by atoms with Crippen molar-refractivity contribution in [1.82, 2.24) is 14.2 Å². The van der Waals surface area contributed by atoms with Gasteiger partial charge in [0.2, 0.25) is 10.0 Å². The van der Waals surface area contributed by atoms with E-state index in [-0.39, 0.29) is 5.91 Å². The van der Waals surface area contributed by atoms with Crippen LogP contribution in [0.15, 0.2) is 28.5 Å². The molecule has 0 N–H and O–H groups in total. The lowest BCUT2D eigenvalue weighted by Crippen LogP contribution is -2.50. The second kappa shape index (κ2) is 8.51. The van der Waals surface area contributed by atoms with Crippen LogP contribution in [0, 0.1) is 0 Å².